The Balaban J connectivity index is 2.16. The van der Waals surface area contributed by atoms with Crippen LogP contribution in [0.5, 0.6) is 10.9 Å². The number of halogens is 1. The fourth-order valence-corrected chi connectivity index (χ4v) is 2.30. The Morgan fingerprint density at radius 3 is 2.76 bits per heavy atom. The van der Waals surface area contributed by atoms with Crippen molar-refractivity contribution in [1.29, 1.82) is 0 Å². The van der Waals surface area contributed by atoms with E-state index in [-0.39, 0.29) is 11.1 Å². The molecular formula is C13H13ClN2O4S. The third kappa shape index (κ3) is 3.69. The lowest BCUT2D eigenvalue weighted by molar-refractivity contribution is 0.0600. The molecule has 0 saturated heterocycles. The Labute approximate surface area is 130 Å². The van der Waals surface area contributed by atoms with Gasteiger partial charge in [-0.15, -0.1) is 0 Å². The summed E-state index contributed by atoms with van der Waals surface area (Å²) in [5.41, 5.74) is 0.348. The maximum absolute atomic E-state index is 11.4. The van der Waals surface area contributed by atoms with Crippen LogP contribution in [0.25, 0.3) is 0 Å². The molecule has 0 aliphatic carbocycles. The van der Waals surface area contributed by atoms with Gasteiger partial charge in [0.2, 0.25) is 0 Å². The molecule has 0 saturated carbocycles. The van der Waals surface area contributed by atoms with Gasteiger partial charge in [0.1, 0.15) is 11.9 Å². The highest BCUT2D eigenvalue weighted by atomic mass is 35.5. The number of methoxy groups -OCH3 is 2. The van der Waals surface area contributed by atoms with Crippen molar-refractivity contribution in [1.82, 2.24) is 9.36 Å². The fraction of sp³-hybridized carbons (Fsp3) is 0.308. The van der Waals surface area contributed by atoms with E-state index in [0.29, 0.717) is 22.3 Å². The number of ether oxygens (including phenoxy) is 3. The average Bonchev–Trinajstić information content (AvgIpc) is 2.96. The van der Waals surface area contributed by atoms with E-state index in [1.54, 1.807) is 19.2 Å². The van der Waals surface area contributed by atoms with Gasteiger partial charge in [0.15, 0.2) is 5.82 Å². The third-order valence-corrected chi connectivity index (χ3v) is 3.60. The van der Waals surface area contributed by atoms with Crippen molar-refractivity contribution in [3.8, 4) is 10.9 Å². The van der Waals surface area contributed by atoms with Crippen LogP contribution in [0.3, 0.4) is 0 Å². The largest absolute Gasteiger partial charge is 0.465 e. The summed E-state index contributed by atoms with van der Waals surface area (Å²) in [5, 5.41) is 0.635. The molecule has 0 radical (unpaired) electrons. The Morgan fingerprint density at radius 2 is 2.14 bits per heavy atom. The second-order valence-corrected chi connectivity index (χ2v) is 5.16. The zero-order chi connectivity index (χ0) is 15.4. The highest BCUT2D eigenvalue weighted by molar-refractivity contribution is 7.07. The number of benzene rings is 1. The smallest absolute Gasteiger partial charge is 0.337 e. The molecular weight excluding hydrogens is 316 g/mol. The van der Waals surface area contributed by atoms with E-state index in [0.717, 1.165) is 11.5 Å². The van der Waals surface area contributed by atoms with Crippen molar-refractivity contribution in [3.63, 3.8) is 0 Å². The van der Waals surface area contributed by atoms with Gasteiger partial charge in [0.25, 0.3) is 5.19 Å². The Hall–Kier alpha value is -1.70. The predicted octanol–water partition coefficient (Wildman–Crippen LogP) is 3.48. The molecule has 2 rings (SSSR count). The summed E-state index contributed by atoms with van der Waals surface area (Å²) in [6, 6.07) is 4.62. The number of hydrogen-bond donors (Lipinski definition) is 0. The summed E-state index contributed by atoms with van der Waals surface area (Å²) < 4.78 is 19.4. The molecule has 2 aromatic rings. The molecule has 0 spiro atoms. The molecule has 0 N–H and O–H groups in total. The van der Waals surface area contributed by atoms with Crippen LogP contribution in [0.15, 0.2) is 18.2 Å². The molecule has 0 amide bonds. The van der Waals surface area contributed by atoms with Gasteiger partial charge in [-0.25, -0.2) is 4.79 Å². The normalized spacial score (nSPS) is 12.0. The second-order valence-electron chi connectivity index (χ2n) is 4.04. The van der Waals surface area contributed by atoms with Gasteiger partial charge in [-0.05, 0) is 25.1 Å². The first-order valence-electron chi connectivity index (χ1n) is 5.97. The summed E-state index contributed by atoms with van der Waals surface area (Å²) in [5.74, 6) is 0.465. The van der Waals surface area contributed by atoms with Crippen LogP contribution in [0, 0.1) is 0 Å². The van der Waals surface area contributed by atoms with E-state index in [9.17, 15) is 4.79 Å². The van der Waals surface area contributed by atoms with E-state index in [4.69, 9.17) is 21.1 Å². The maximum Gasteiger partial charge on any atom is 0.337 e. The molecule has 6 nitrogen and oxygen atoms in total. The van der Waals surface area contributed by atoms with Crippen LogP contribution in [-0.2, 0) is 9.47 Å². The Morgan fingerprint density at radius 1 is 1.38 bits per heavy atom. The van der Waals surface area contributed by atoms with Crippen molar-refractivity contribution in [3.05, 3.63) is 34.6 Å². The summed E-state index contributed by atoms with van der Waals surface area (Å²) in [4.78, 5) is 15.6. The minimum atomic E-state index is -0.462. The van der Waals surface area contributed by atoms with Crippen molar-refractivity contribution in [2.45, 2.75) is 13.0 Å². The van der Waals surface area contributed by atoms with Gasteiger partial charge in [0.05, 0.1) is 17.7 Å². The van der Waals surface area contributed by atoms with Gasteiger partial charge < -0.3 is 14.2 Å². The van der Waals surface area contributed by atoms with Crippen molar-refractivity contribution in [2.24, 2.45) is 0 Å². The molecule has 0 unspecified atom stereocenters. The number of carbonyl (C=O) groups excluding carboxylic acids is 1. The van der Waals surface area contributed by atoms with E-state index >= 15 is 0 Å². The first-order chi connectivity index (χ1) is 10.0. The summed E-state index contributed by atoms with van der Waals surface area (Å²) in [7, 11) is 2.88. The van der Waals surface area contributed by atoms with Crippen LogP contribution in [0.4, 0.5) is 0 Å². The Kier molecular flexibility index (Phi) is 5.11. The quantitative estimate of drug-likeness (QED) is 0.783. The fourth-order valence-electron chi connectivity index (χ4n) is 1.45. The number of nitrogens with zero attached hydrogens (tertiary/aromatic N) is 2. The van der Waals surface area contributed by atoms with Crippen LogP contribution in [0.1, 0.15) is 29.2 Å². The number of esters is 1. The molecule has 0 aliphatic heterocycles. The van der Waals surface area contributed by atoms with Crippen molar-refractivity contribution >= 4 is 29.1 Å². The molecule has 1 atom stereocenters. The standard InChI is InChI=1S/C13H13ClN2O4S/c1-7(18-2)11-15-13(21-16-11)20-10-5-4-8(6-9(10)14)12(17)19-3/h4-7H,1-3H3/t7-/m0/s1. The minimum Gasteiger partial charge on any atom is -0.465 e. The monoisotopic (exact) mass is 328 g/mol. The lowest BCUT2D eigenvalue weighted by Crippen LogP contribution is -2.01. The molecule has 1 aromatic carbocycles. The maximum atomic E-state index is 11.4. The average molecular weight is 329 g/mol. The number of rotatable bonds is 5. The SMILES string of the molecule is COC(=O)c1ccc(Oc2nc([C@H](C)OC)ns2)c(Cl)c1. The summed E-state index contributed by atoms with van der Waals surface area (Å²) >= 11 is 7.17. The minimum absolute atomic E-state index is 0.212. The van der Waals surface area contributed by atoms with Gasteiger partial charge in [0, 0.05) is 18.6 Å². The van der Waals surface area contributed by atoms with E-state index in [1.165, 1.54) is 13.2 Å². The first-order valence-corrected chi connectivity index (χ1v) is 7.12. The van der Waals surface area contributed by atoms with E-state index in [2.05, 4.69) is 14.1 Å². The van der Waals surface area contributed by atoms with E-state index < -0.39 is 5.97 Å². The lowest BCUT2D eigenvalue weighted by atomic mass is 10.2. The molecule has 0 bridgehead atoms. The number of carbonyl (C=O) groups is 1. The van der Waals surface area contributed by atoms with E-state index in [1.807, 2.05) is 6.92 Å². The van der Waals surface area contributed by atoms with Crippen molar-refractivity contribution < 1.29 is 19.0 Å². The molecule has 0 aliphatic rings. The van der Waals surface area contributed by atoms with Gasteiger partial charge in [-0.1, -0.05) is 11.6 Å². The van der Waals surface area contributed by atoms with Crippen molar-refractivity contribution in [2.75, 3.05) is 14.2 Å². The first kappa shape index (κ1) is 15.7. The van der Waals surface area contributed by atoms with Gasteiger partial charge >= 0.3 is 5.97 Å². The highest BCUT2D eigenvalue weighted by Gasteiger charge is 2.15. The summed E-state index contributed by atoms with van der Waals surface area (Å²) in [6.07, 6.45) is -0.212. The predicted molar refractivity (Wildman–Crippen MR) is 78.2 cm³/mol. The van der Waals surface area contributed by atoms with Gasteiger partial charge in [-0.3, -0.25) is 0 Å². The van der Waals surface area contributed by atoms with Crippen LogP contribution < -0.4 is 4.74 Å². The van der Waals surface area contributed by atoms with Crippen LogP contribution in [0.2, 0.25) is 5.02 Å². The Bertz CT molecular complexity index is 647. The number of hydrogen-bond acceptors (Lipinski definition) is 7. The van der Waals surface area contributed by atoms with Crippen LogP contribution in [-0.4, -0.2) is 29.5 Å². The third-order valence-electron chi connectivity index (χ3n) is 2.69. The lowest BCUT2D eigenvalue weighted by Gasteiger charge is -2.06. The molecule has 8 heteroatoms. The molecule has 1 aromatic heterocycles. The zero-order valence-corrected chi connectivity index (χ0v) is 13.2. The topological polar surface area (TPSA) is 70.5 Å². The van der Waals surface area contributed by atoms with Gasteiger partial charge in [-0.2, -0.15) is 9.36 Å². The van der Waals surface area contributed by atoms with Crippen LogP contribution >= 0.6 is 23.1 Å². The molecule has 0 fully saturated rings. The molecule has 1 heterocycles. The molecule has 112 valence electrons. The zero-order valence-electron chi connectivity index (χ0n) is 11.6. The second kappa shape index (κ2) is 6.84. The summed E-state index contributed by atoms with van der Waals surface area (Å²) in [6.45, 7) is 1.84. The highest BCUT2D eigenvalue weighted by Crippen LogP contribution is 2.32. The number of aromatic nitrogens is 2. The molecule has 21 heavy (non-hydrogen) atoms.